The van der Waals surface area contributed by atoms with Crippen molar-refractivity contribution in [2.24, 2.45) is 0 Å². The molecular weight excluding hydrogens is 272 g/mol. The number of aromatic carboxylic acids is 1. The lowest BCUT2D eigenvalue weighted by Crippen LogP contribution is -2.28. The van der Waals surface area contributed by atoms with Crippen molar-refractivity contribution in [3.05, 3.63) is 47.9 Å². The zero-order valence-electron chi connectivity index (χ0n) is 11.6. The highest BCUT2D eigenvalue weighted by Crippen LogP contribution is 2.23. The quantitative estimate of drug-likeness (QED) is 0.822. The maximum Gasteiger partial charge on any atom is 0.337 e. The van der Waals surface area contributed by atoms with Gasteiger partial charge in [-0.3, -0.25) is 4.79 Å². The Morgan fingerprint density at radius 3 is 2.71 bits per heavy atom. The molecule has 2 aromatic rings. The van der Waals surface area contributed by atoms with Gasteiger partial charge in [-0.15, -0.1) is 0 Å². The molecule has 0 saturated carbocycles. The average molecular weight is 288 g/mol. The zero-order chi connectivity index (χ0) is 15.4. The van der Waals surface area contributed by atoms with Crippen molar-refractivity contribution in [1.82, 2.24) is 0 Å². The van der Waals surface area contributed by atoms with Crippen LogP contribution in [-0.4, -0.2) is 24.0 Å². The van der Waals surface area contributed by atoms with E-state index >= 15 is 0 Å². The van der Waals surface area contributed by atoms with Gasteiger partial charge in [0.15, 0.2) is 0 Å². The third kappa shape index (κ3) is 3.42. The first kappa shape index (κ1) is 14.6. The minimum Gasteiger partial charge on any atom is -0.478 e. The number of rotatable bonds is 5. The summed E-state index contributed by atoms with van der Waals surface area (Å²) in [7, 11) is 1.54. The lowest BCUT2D eigenvalue weighted by atomic mass is 10.1. The number of carboxylic acid groups (broad SMARTS) is 1. The van der Waals surface area contributed by atoms with Crippen molar-refractivity contribution in [3.63, 3.8) is 0 Å². The molecule has 1 aromatic heterocycles. The first-order chi connectivity index (χ1) is 9.99. The molecule has 1 aromatic carbocycles. The van der Waals surface area contributed by atoms with Crippen LogP contribution in [0.4, 0.5) is 11.4 Å². The van der Waals surface area contributed by atoms with Crippen LogP contribution in [0, 0.1) is 0 Å². The number of nitrogens with two attached hydrogens (primary N) is 1. The van der Waals surface area contributed by atoms with E-state index in [0.717, 1.165) is 0 Å². The fourth-order valence-corrected chi connectivity index (χ4v) is 2.00. The average Bonchev–Trinajstić information content (AvgIpc) is 2.97. The zero-order valence-corrected chi connectivity index (χ0v) is 11.6. The van der Waals surface area contributed by atoms with E-state index in [4.69, 9.17) is 10.2 Å². The highest BCUT2D eigenvalue weighted by molar-refractivity contribution is 6.02. The van der Waals surface area contributed by atoms with Crippen LogP contribution in [0.3, 0.4) is 0 Å². The first-order valence-corrected chi connectivity index (χ1v) is 6.41. The molecule has 0 radical (unpaired) electrons. The Balaban J connectivity index is 2.13. The van der Waals surface area contributed by atoms with E-state index in [9.17, 15) is 14.7 Å². The standard InChI is InChI=1S/C15H16N2O4/c1-17(14(18)7-5-11-3-2-8-21-11)13-6-4-10(16)9-12(13)15(19)20/h2-4,6,8-9H,5,7,16H2,1H3,(H,19,20). The smallest absolute Gasteiger partial charge is 0.337 e. The Morgan fingerprint density at radius 1 is 1.33 bits per heavy atom. The number of amides is 1. The number of benzene rings is 1. The fourth-order valence-electron chi connectivity index (χ4n) is 2.00. The second kappa shape index (κ2) is 6.13. The molecule has 0 fully saturated rings. The van der Waals surface area contributed by atoms with Crippen molar-refractivity contribution < 1.29 is 19.1 Å². The highest BCUT2D eigenvalue weighted by Gasteiger charge is 2.18. The number of hydrogen-bond donors (Lipinski definition) is 2. The second-order valence-corrected chi connectivity index (χ2v) is 4.61. The Bertz CT molecular complexity index is 650. The minimum absolute atomic E-state index is 0.00356. The molecule has 0 bridgehead atoms. The fraction of sp³-hybridized carbons (Fsp3) is 0.200. The lowest BCUT2D eigenvalue weighted by Gasteiger charge is -2.19. The number of anilines is 2. The Kier molecular flexibility index (Phi) is 4.27. The number of aryl methyl sites for hydroxylation is 1. The molecule has 0 unspecified atom stereocenters. The van der Waals surface area contributed by atoms with Gasteiger partial charge in [-0.25, -0.2) is 4.79 Å². The van der Waals surface area contributed by atoms with Crippen LogP contribution < -0.4 is 10.6 Å². The van der Waals surface area contributed by atoms with Gasteiger partial charge in [0, 0.05) is 25.6 Å². The van der Waals surface area contributed by atoms with Gasteiger partial charge in [0.2, 0.25) is 5.91 Å². The molecule has 110 valence electrons. The third-order valence-corrected chi connectivity index (χ3v) is 3.15. The van der Waals surface area contributed by atoms with Gasteiger partial charge in [-0.1, -0.05) is 0 Å². The van der Waals surface area contributed by atoms with Gasteiger partial charge in [-0.2, -0.15) is 0 Å². The maximum atomic E-state index is 12.2. The SMILES string of the molecule is CN(C(=O)CCc1ccco1)c1ccc(N)cc1C(=O)O. The van der Waals surface area contributed by atoms with Crippen molar-refractivity contribution >= 4 is 23.3 Å². The van der Waals surface area contributed by atoms with Gasteiger partial charge in [-0.05, 0) is 30.3 Å². The molecule has 6 heteroatoms. The van der Waals surface area contributed by atoms with Crippen molar-refractivity contribution in [3.8, 4) is 0 Å². The van der Waals surface area contributed by atoms with Crippen molar-refractivity contribution in [2.45, 2.75) is 12.8 Å². The summed E-state index contributed by atoms with van der Waals surface area (Å²) in [6, 6.07) is 7.99. The predicted octanol–water partition coefficient (Wildman–Crippen LogP) is 2.16. The van der Waals surface area contributed by atoms with E-state index < -0.39 is 5.97 Å². The molecule has 0 spiro atoms. The number of nitrogens with zero attached hydrogens (tertiary/aromatic N) is 1. The molecule has 0 saturated heterocycles. The van der Waals surface area contributed by atoms with E-state index in [1.54, 1.807) is 31.5 Å². The normalized spacial score (nSPS) is 10.3. The molecule has 0 aliphatic heterocycles. The van der Waals surface area contributed by atoms with Crippen LogP contribution >= 0.6 is 0 Å². The number of hydrogen-bond acceptors (Lipinski definition) is 4. The molecule has 6 nitrogen and oxygen atoms in total. The molecule has 3 N–H and O–H groups in total. The Hall–Kier alpha value is -2.76. The number of carboxylic acids is 1. The largest absolute Gasteiger partial charge is 0.478 e. The van der Waals surface area contributed by atoms with E-state index in [0.29, 0.717) is 23.6 Å². The Labute approximate surface area is 121 Å². The number of nitrogen functional groups attached to an aromatic ring is 1. The van der Waals surface area contributed by atoms with Gasteiger partial charge >= 0.3 is 5.97 Å². The lowest BCUT2D eigenvalue weighted by molar-refractivity contribution is -0.118. The summed E-state index contributed by atoms with van der Waals surface area (Å²) in [6.07, 6.45) is 2.24. The molecule has 0 aliphatic rings. The Morgan fingerprint density at radius 2 is 2.10 bits per heavy atom. The summed E-state index contributed by atoms with van der Waals surface area (Å²) in [4.78, 5) is 24.7. The summed E-state index contributed by atoms with van der Waals surface area (Å²) >= 11 is 0. The van der Waals surface area contributed by atoms with Gasteiger partial charge < -0.3 is 20.2 Å². The summed E-state index contributed by atoms with van der Waals surface area (Å²) in [5, 5.41) is 9.19. The van der Waals surface area contributed by atoms with E-state index in [-0.39, 0.29) is 17.9 Å². The number of furan rings is 1. The van der Waals surface area contributed by atoms with E-state index in [1.807, 2.05) is 0 Å². The molecule has 21 heavy (non-hydrogen) atoms. The van der Waals surface area contributed by atoms with E-state index in [2.05, 4.69) is 0 Å². The summed E-state index contributed by atoms with van der Waals surface area (Å²) in [5.41, 5.74) is 6.25. The van der Waals surface area contributed by atoms with Gasteiger partial charge in [0.1, 0.15) is 5.76 Å². The molecule has 1 amide bonds. The highest BCUT2D eigenvalue weighted by atomic mass is 16.4. The number of carbonyl (C=O) groups excluding carboxylic acids is 1. The summed E-state index contributed by atoms with van der Waals surface area (Å²) in [6.45, 7) is 0. The summed E-state index contributed by atoms with van der Waals surface area (Å²) in [5.74, 6) is -0.603. The predicted molar refractivity (Wildman–Crippen MR) is 78.3 cm³/mol. The molecule has 2 rings (SSSR count). The monoisotopic (exact) mass is 288 g/mol. The van der Waals surface area contributed by atoms with Crippen molar-refractivity contribution in [2.75, 3.05) is 17.7 Å². The maximum absolute atomic E-state index is 12.2. The molecule has 0 atom stereocenters. The van der Waals surface area contributed by atoms with Gasteiger partial charge in [0.25, 0.3) is 0 Å². The van der Waals surface area contributed by atoms with E-state index in [1.165, 1.54) is 17.0 Å². The minimum atomic E-state index is -1.12. The van der Waals surface area contributed by atoms with Crippen LogP contribution in [0.15, 0.2) is 41.0 Å². The topological polar surface area (TPSA) is 96.8 Å². The van der Waals surface area contributed by atoms with Crippen LogP contribution in [0.2, 0.25) is 0 Å². The molecular formula is C15H16N2O4. The van der Waals surface area contributed by atoms with Crippen LogP contribution in [0.25, 0.3) is 0 Å². The van der Waals surface area contributed by atoms with Crippen LogP contribution in [0.5, 0.6) is 0 Å². The third-order valence-electron chi connectivity index (χ3n) is 3.15. The first-order valence-electron chi connectivity index (χ1n) is 6.41. The molecule has 1 heterocycles. The number of carbonyl (C=O) groups is 2. The van der Waals surface area contributed by atoms with Crippen molar-refractivity contribution in [1.29, 1.82) is 0 Å². The second-order valence-electron chi connectivity index (χ2n) is 4.61. The molecule has 0 aliphatic carbocycles. The van der Waals surface area contributed by atoms with Crippen LogP contribution in [-0.2, 0) is 11.2 Å². The van der Waals surface area contributed by atoms with Crippen LogP contribution in [0.1, 0.15) is 22.5 Å². The summed E-state index contributed by atoms with van der Waals surface area (Å²) < 4.78 is 5.17. The van der Waals surface area contributed by atoms with Gasteiger partial charge in [0.05, 0.1) is 17.5 Å².